The number of nitrogens with zero attached hydrogens (tertiary/aromatic N) is 3. The molecule has 0 bridgehead atoms. The second-order valence-corrected chi connectivity index (χ2v) is 4.14. The highest BCUT2D eigenvalue weighted by molar-refractivity contribution is 6.17. The van der Waals surface area contributed by atoms with Crippen LogP contribution in [-0.2, 0) is 12.8 Å². The largest absolute Gasteiger partial charge is 0.350 e. The molecule has 0 amide bonds. The van der Waals surface area contributed by atoms with E-state index in [1.54, 1.807) is 0 Å². The van der Waals surface area contributed by atoms with Gasteiger partial charge in [-0.1, -0.05) is 13.8 Å². The third-order valence-electron chi connectivity index (χ3n) is 2.43. The maximum absolute atomic E-state index is 5.67. The number of halogens is 1. The van der Waals surface area contributed by atoms with Crippen LogP contribution in [-0.4, -0.2) is 27.1 Å². The van der Waals surface area contributed by atoms with Gasteiger partial charge in [0.15, 0.2) is 0 Å². The molecule has 0 aromatic carbocycles. The van der Waals surface area contributed by atoms with Gasteiger partial charge in [-0.25, -0.2) is 4.98 Å². The fourth-order valence-corrected chi connectivity index (χ4v) is 1.78. The maximum Gasteiger partial charge on any atom is 0.243 e. The highest BCUT2D eigenvalue weighted by atomic mass is 35.5. The van der Waals surface area contributed by atoms with Crippen LogP contribution in [0.2, 0.25) is 0 Å². The fourth-order valence-electron chi connectivity index (χ4n) is 1.46. The molecule has 0 saturated heterocycles. The first kappa shape index (κ1) is 13.2. The van der Waals surface area contributed by atoms with Gasteiger partial charge in [-0.15, -0.1) is 16.7 Å². The van der Waals surface area contributed by atoms with Crippen LogP contribution < -0.4 is 5.32 Å². The van der Waals surface area contributed by atoms with Gasteiger partial charge in [0.1, 0.15) is 0 Å². The van der Waals surface area contributed by atoms with Crippen molar-refractivity contribution in [1.82, 2.24) is 15.2 Å². The Bertz CT molecular complexity index is 330. The molecule has 1 aromatic heterocycles. The third-order valence-corrected chi connectivity index (χ3v) is 2.65. The van der Waals surface area contributed by atoms with Crippen LogP contribution in [0.25, 0.3) is 0 Å². The lowest BCUT2D eigenvalue weighted by atomic mass is 10.2. The molecule has 1 rings (SSSR count). The second-order valence-electron chi connectivity index (χ2n) is 3.76. The van der Waals surface area contributed by atoms with E-state index in [1.807, 2.05) is 0 Å². The predicted octanol–water partition coefficient (Wildman–Crippen LogP) is 2.43. The number of nitrogens with one attached hydrogen (secondary N) is 1. The van der Waals surface area contributed by atoms with Gasteiger partial charge in [0.05, 0.1) is 11.4 Å². The zero-order valence-corrected chi connectivity index (χ0v) is 10.9. The summed E-state index contributed by atoms with van der Waals surface area (Å²) in [7, 11) is 0. The lowest BCUT2D eigenvalue weighted by Crippen LogP contribution is -2.19. The number of hydrogen-bond acceptors (Lipinski definition) is 4. The van der Waals surface area contributed by atoms with Crippen LogP contribution in [0.4, 0.5) is 5.95 Å². The van der Waals surface area contributed by atoms with Gasteiger partial charge >= 0.3 is 0 Å². The van der Waals surface area contributed by atoms with Crippen LogP contribution in [0.5, 0.6) is 0 Å². The molecule has 0 aliphatic carbocycles. The molecule has 5 heteroatoms. The second kappa shape index (κ2) is 6.63. The van der Waals surface area contributed by atoms with Crippen molar-refractivity contribution < 1.29 is 0 Å². The lowest BCUT2D eigenvalue weighted by Gasteiger charge is -2.12. The Kier molecular flexibility index (Phi) is 5.46. The van der Waals surface area contributed by atoms with Gasteiger partial charge in [0.25, 0.3) is 0 Å². The lowest BCUT2D eigenvalue weighted by molar-refractivity contribution is 0.737. The Morgan fingerprint density at radius 1 is 1.19 bits per heavy atom. The van der Waals surface area contributed by atoms with E-state index < -0.39 is 0 Å². The van der Waals surface area contributed by atoms with E-state index in [9.17, 15) is 0 Å². The summed E-state index contributed by atoms with van der Waals surface area (Å²) in [5, 5.41) is 11.4. The zero-order valence-electron chi connectivity index (χ0n) is 10.1. The van der Waals surface area contributed by atoms with E-state index in [-0.39, 0.29) is 6.04 Å². The van der Waals surface area contributed by atoms with Gasteiger partial charge in [-0.3, -0.25) is 0 Å². The Morgan fingerprint density at radius 2 is 1.88 bits per heavy atom. The van der Waals surface area contributed by atoms with Crippen molar-refractivity contribution >= 4 is 17.5 Å². The normalized spacial score (nSPS) is 12.5. The van der Waals surface area contributed by atoms with Crippen LogP contribution in [0, 0.1) is 0 Å². The van der Waals surface area contributed by atoms with E-state index in [4.69, 9.17) is 11.6 Å². The molecule has 1 atom stereocenters. The van der Waals surface area contributed by atoms with Crippen LogP contribution in [0.15, 0.2) is 0 Å². The summed E-state index contributed by atoms with van der Waals surface area (Å²) in [5.74, 6) is 1.24. The van der Waals surface area contributed by atoms with Crippen LogP contribution in [0.3, 0.4) is 0 Å². The average Bonchev–Trinajstić information content (AvgIpc) is 2.29. The van der Waals surface area contributed by atoms with Gasteiger partial charge in [-0.2, -0.15) is 5.10 Å². The van der Waals surface area contributed by atoms with E-state index in [0.717, 1.165) is 30.7 Å². The van der Waals surface area contributed by atoms with Crippen LogP contribution >= 0.6 is 11.6 Å². The zero-order chi connectivity index (χ0) is 12.0. The van der Waals surface area contributed by atoms with Crippen molar-refractivity contribution in [3.63, 3.8) is 0 Å². The van der Waals surface area contributed by atoms with Crippen molar-refractivity contribution in [1.29, 1.82) is 0 Å². The third kappa shape index (κ3) is 3.59. The van der Waals surface area contributed by atoms with Gasteiger partial charge in [-0.05, 0) is 26.2 Å². The maximum atomic E-state index is 5.67. The number of anilines is 1. The number of hydrogen-bond donors (Lipinski definition) is 1. The first-order chi connectivity index (χ1) is 7.71. The summed E-state index contributed by atoms with van der Waals surface area (Å²) in [6.45, 7) is 6.20. The van der Waals surface area contributed by atoms with E-state index >= 15 is 0 Å². The van der Waals surface area contributed by atoms with Crippen molar-refractivity contribution in [2.24, 2.45) is 0 Å². The van der Waals surface area contributed by atoms with Crippen molar-refractivity contribution in [2.75, 3.05) is 11.2 Å². The quantitative estimate of drug-likeness (QED) is 0.779. The van der Waals surface area contributed by atoms with Gasteiger partial charge in [0, 0.05) is 11.9 Å². The summed E-state index contributed by atoms with van der Waals surface area (Å²) in [6, 6.07) is 0.275. The molecule has 4 nitrogen and oxygen atoms in total. The minimum atomic E-state index is 0.275. The molecule has 90 valence electrons. The molecule has 0 aliphatic rings. The molecule has 1 unspecified atom stereocenters. The molecule has 0 saturated carbocycles. The van der Waals surface area contributed by atoms with Gasteiger partial charge in [0.2, 0.25) is 5.95 Å². The molecule has 0 radical (unpaired) electrons. The molecule has 1 N–H and O–H groups in total. The Hall–Kier alpha value is -0.900. The molecular formula is C11H19ClN4. The van der Waals surface area contributed by atoms with E-state index in [1.165, 1.54) is 0 Å². The minimum absolute atomic E-state index is 0.275. The molecule has 16 heavy (non-hydrogen) atoms. The minimum Gasteiger partial charge on any atom is -0.350 e. The standard InChI is InChI=1S/C11H19ClN4/c1-4-9-10(5-2)15-16-11(14-9)13-8(3)6-7-12/h8H,4-7H2,1-3H3,(H,13,14,16). The molecular weight excluding hydrogens is 224 g/mol. The van der Waals surface area contributed by atoms with Crippen molar-refractivity contribution in [3.8, 4) is 0 Å². The highest BCUT2D eigenvalue weighted by Gasteiger charge is 2.08. The van der Waals surface area contributed by atoms with E-state index in [2.05, 4.69) is 41.3 Å². The number of alkyl halides is 1. The molecule has 0 aliphatic heterocycles. The highest BCUT2D eigenvalue weighted by Crippen LogP contribution is 2.08. The summed E-state index contributed by atoms with van der Waals surface area (Å²) in [4.78, 5) is 4.46. The fraction of sp³-hybridized carbons (Fsp3) is 0.727. The first-order valence-electron chi connectivity index (χ1n) is 5.76. The molecule has 1 aromatic rings. The van der Waals surface area contributed by atoms with E-state index in [0.29, 0.717) is 11.8 Å². The summed E-state index contributed by atoms with van der Waals surface area (Å²) < 4.78 is 0. The Morgan fingerprint density at radius 3 is 2.44 bits per heavy atom. The summed E-state index contributed by atoms with van der Waals surface area (Å²) in [6.07, 6.45) is 2.65. The smallest absolute Gasteiger partial charge is 0.243 e. The SMILES string of the molecule is CCc1nnc(NC(C)CCCl)nc1CC. The predicted molar refractivity (Wildman–Crippen MR) is 67.0 cm³/mol. The summed E-state index contributed by atoms with van der Waals surface area (Å²) >= 11 is 5.67. The Balaban J connectivity index is 2.74. The van der Waals surface area contributed by atoms with Gasteiger partial charge < -0.3 is 5.32 Å². The monoisotopic (exact) mass is 242 g/mol. The summed E-state index contributed by atoms with van der Waals surface area (Å²) in [5.41, 5.74) is 2.01. The number of aromatic nitrogens is 3. The number of aryl methyl sites for hydroxylation is 2. The topological polar surface area (TPSA) is 50.7 Å². The molecule has 0 spiro atoms. The molecule has 1 heterocycles. The number of rotatable bonds is 6. The van der Waals surface area contributed by atoms with Crippen molar-refractivity contribution in [2.45, 2.75) is 46.1 Å². The van der Waals surface area contributed by atoms with Crippen LogP contribution in [0.1, 0.15) is 38.6 Å². The Labute approximate surface area is 102 Å². The molecule has 0 fully saturated rings. The van der Waals surface area contributed by atoms with Crippen molar-refractivity contribution in [3.05, 3.63) is 11.4 Å². The first-order valence-corrected chi connectivity index (χ1v) is 6.29. The average molecular weight is 243 g/mol.